The lowest BCUT2D eigenvalue weighted by Crippen LogP contribution is -2.54. The zero-order chi connectivity index (χ0) is 24.3. The van der Waals surface area contributed by atoms with Crippen molar-refractivity contribution < 1.29 is 24.2 Å². The van der Waals surface area contributed by atoms with Crippen LogP contribution in [-0.2, 0) is 16.1 Å². The molecule has 3 aromatic carbocycles. The summed E-state index contributed by atoms with van der Waals surface area (Å²) in [7, 11) is 0. The van der Waals surface area contributed by atoms with Gasteiger partial charge in [0.1, 0.15) is 12.1 Å². The van der Waals surface area contributed by atoms with Crippen LogP contribution in [0.3, 0.4) is 0 Å². The van der Waals surface area contributed by atoms with Crippen LogP contribution in [0.5, 0.6) is 0 Å². The topological polar surface area (TPSA) is 105 Å². The first-order chi connectivity index (χ1) is 16.3. The molecule has 7 heteroatoms. The van der Waals surface area contributed by atoms with Gasteiger partial charge in [-0.15, -0.1) is 0 Å². The number of carboxylic acid groups (broad SMARTS) is 1. The van der Waals surface area contributed by atoms with Gasteiger partial charge in [-0.1, -0.05) is 60.7 Å². The second-order valence-electron chi connectivity index (χ2n) is 8.76. The summed E-state index contributed by atoms with van der Waals surface area (Å²) in [4.78, 5) is 36.4. The van der Waals surface area contributed by atoms with Gasteiger partial charge in [0.25, 0.3) is 0 Å². The number of hydrogen-bond acceptors (Lipinski definition) is 4. The number of fused-ring (bicyclic) bond motifs is 3. The first kappa shape index (κ1) is 23.0. The summed E-state index contributed by atoms with van der Waals surface area (Å²) in [5.41, 5.74) is 4.05. The van der Waals surface area contributed by atoms with Crippen molar-refractivity contribution in [1.82, 2.24) is 10.6 Å². The van der Waals surface area contributed by atoms with E-state index < -0.39 is 23.5 Å². The summed E-state index contributed by atoms with van der Waals surface area (Å²) in [5, 5.41) is 14.5. The highest BCUT2D eigenvalue weighted by Gasteiger charge is 2.32. The zero-order valence-electron chi connectivity index (χ0n) is 19.0. The Balaban J connectivity index is 1.35. The third-order valence-electron chi connectivity index (χ3n) is 5.95. The van der Waals surface area contributed by atoms with Gasteiger partial charge in [0.05, 0.1) is 5.56 Å². The number of amides is 2. The predicted octanol–water partition coefficient (Wildman–Crippen LogP) is 4.32. The molecule has 1 aliphatic carbocycles. The normalized spacial score (nSPS) is 12.4. The van der Waals surface area contributed by atoms with Crippen molar-refractivity contribution >= 4 is 18.0 Å². The summed E-state index contributed by atoms with van der Waals surface area (Å²) < 4.78 is 5.54. The van der Waals surface area contributed by atoms with Gasteiger partial charge in [-0.05, 0) is 53.8 Å². The number of alkyl carbamates (subject to hydrolysis) is 1. The molecule has 1 aliphatic rings. The third kappa shape index (κ3) is 4.78. The van der Waals surface area contributed by atoms with Gasteiger partial charge in [0, 0.05) is 12.5 Å². The molecule has 0 saturated heterocycles. The quantitative estimate of drug-likeness (QED) is 0.489. The number of ether oxygens (including phenoxy) is 1. The molecule has 0 radical (unpaired) electrons. The van der Waals surface area contributed by atoms with Crippen LogP contribution < -0.4 is 10.6 Å². The summed E-state index contributed by atoms with van der Waals surface area (Å²) in [6.45, 7) is 3.45. The molecule has 0 saturated carbocycles. The molecule has 4 rings (SSSR count). The molecular formula is C27H26N2O5. The largest absolute Gasteiger partial charge is 0.478 e. The molecule has 3 aromatic rings. The molecule has 0 spiro atoms. The predicted molar refractivity (Wildman–Crippen MR) is 128 cm³/mol. The van der Waals surface area contributed by atoms with Crippen molar-refractivity contribution in [1.29, 1.82) is 0 Å². The molecule has 0 atom stereocenters. The van der Waals surface area contributed by atoms with E-state index in [1.165, 1.54) is 12.1 Å². The fraction of sp³-hybridized carbons (Fsp3) is 0.222. The molecule has 34 heavy (non-hydrogen) atoms. The van der Waals surface area contributed by atoms with Crippen LogP contribution in [0.15, 0.2) is 72.8 Å². The summed E-state index contributed by atoms with van der Waals surface area (Å²) in [5.74, 6) is -1.52. The van der Waals surface area contributed by atoms with E-state index in [4.69, 9.17) is 9.84 Å². The average molecular weight is 459 g/mol. The minimum atomic E-state index is -1.23. The van der Waals surface area contributed by atoms with E-state index in [1.54, 1.807) is 26.0 Å². The molecular weight excluding hydrogens is 432 g/mol. The van der Waals surface area contributed by atoms with Crippen LogP contribution in [0, 0.1) is 0 Å². The van der Waals surface area contributed by atoms with Crippen LogP contribution in [-0.4, -0.2) is 35.2 Å². The molecule has 0 bridgehead atoms. The number of benzene rings is 3. The standard InChI is InChI=1S/C27H26N2O5/c1-27(2,25(32)28-15-17-8-7-9-18(14-17)24(30)31)29-26(33)34-16-23-21-12-5-3-10-19(21)20-11-4-6-13-22(20)23/h3-14,23H,15-16H2,1-2H3,(H,28,32)(H,29,33)(H,30,31). The highest BCUT2D eigenvalue weighted by Crippen LogP contribution is 2.44. The lowest BCUT2D eigenvalue weighted by Gasteiger charge is -2.25. The van der Waals surface area contributed by atoms with Crippen molar-refractivity contribution in [3.8, 4) is 11.1 Å². The van der Waals surface area contributed by atoms with Gasteiger partial charge >= 0.3 is 12.1 Å². The molecule has 0 unspecified atom stereocenters. The molecule has 0 fully saturated rings. The maximum Gasteiger partial charge on any atom is 0.408 e. The summed E-state index contributed by atoms with van der Waals surface area (Å²) in [6.07, 6.45) is -0.685. The van der Waals surface area contributed by atoms with E-state index in [1.807, 2.05) is 36.4 Å². The Bertz CT molecular complexity index is 1210. The molecule has 3 N–H and O–H groups in total. The van der Waals surface area contributed by atoms with Crippen molar-refractivity contribution in [2.24, 2.45) is 0 Å². The van der Waals surface area contributed by atoms with E-state index in [0.29, 0.717) is 5.56 Å². The minimum absolute atomic E-state index is 0.0726. The van der Waals surface area contributed by atoms with E-state index in [-0.39, 0.29) is 24.6 Å². The SMILES string of the molecule is CC(C)(NC(=O)OCC1c2ccccc2-c2ccccc21)C(=O)NCc1cccc(C(=O)O)c1. The second-order valence-corrected chi connectivity index (χ2v) is 8.76. The Morgan fingerprint density at radius 3 is 2.15 bits per heavy atom. The average Bonchev–Trinajstić information content (AvgIpc) is 3.15. The van der Waals surface area contributed by atoms with E-state index >= 15 is 0 Å². The summed E-state index contributed by atoms with van der Waals surface area (Å²) >= 11 is 0. The molecule has 7 nitrogen and oxygen atoms in total. The number of nitrogens with one attached hydrogen (secondary N) is 2. The van der Waals surface area contributed by atoms with Crippen LogP contribution in [0.2, 0.25) is 0 Å². The monoisotopic (exact) mass is 458 g/mol. The van der Waals surface area contributed by atoms with Crippen molar-refractivity contribution in [3.63, 3.8) is 0 Å². The minimum Gasteiger partial charge on any atom is -0.478 e. The Hall–Kier alpha value is -4.13. The maximum absolute atomic E-state index is 12.7. The van der Waals surface area contributed by atoms with Crippen LogP contribution in [0.25, 0.3) is 11.1 Å². The Morgan fingerprint density at radius 1 is 0.912 bits per heavy atom. The number of carbonyl (C=O) groups is 3. The van der Waals surface area contributed by atoms with Gasteiger partial charge in [0.15, 0.2) is 0 Å². The maximum atomic E-state index is 12.7. The summed E-state index contributed by atoms with van der Waals surface area (Å²) in [6, 6.07) is 22.4. The van der Waals surface area contributed by atoms with E-state index in [2.05, 4.69) is 22.8 Å². The molecule has 0 aromatic heterocycles. The third-order valence-corrected chi connectivity index (χ3v) is 5.95. The number of rotatable bonds is 7. The van der Waals surface area contributed by atoms with Crippen molar-refractivity contribution in [2.75, 3.05) is 6.61 Å². The fourth-order valence-electron chi connectivity index (χ4n) is 4.16. The van der Waals surface area contributed by atoms with Gasteiger partial charge in [-0.25, -0.2) is 9.59 Å². The highest BCUT2D eigenvalue weighted by molar-refractivity contribution is 5.89. The van der Waals surface area contributed by atoms with E-state index in [9.17, 15) is 14.4 Å². The van der Waals surface area contributed by atoms with Crippen molar-refractivity contribution in [2.45, 2.75) is 31.8 Å². The Morgan fingerprint density at radius 2 is 1.53 bits per heavy atom. The van der Waals surface area contributed by atoms with Gasteiger partial charge in [0.2, 0.25) is 5.91 Å². The van der Waals surface area contributed by atoms with E-state index in [0.717, 1.165) is 22.3 Å². The number of hydrogen-bond donors (Lipinski definition) is 3. The zero-order valence-corrected chi connectivity index (χ0v) is 19.0. The van der Waals surface area contributed by atoms with Gasteiger partial charge in [-0.3, -0.25) is 4.79 Å². The lowest BCUT2D eigenvalue weighted by molar-refractivity contribution is -0.126. The highest BCUT2D eigenvalue weighted by atomic mass is 16.5. The molecule has 0 heterocycles. The van der Waals surface area contributed by atoms with Crippen molar-refractivity contribution in [3.05, 3.63) is 95.1 Å². The fourth-order valence-corrected chi connectivity index (χ4v) is 4.16. The lowest BCUT2D eigenvalue weighted by atomic mass is 9.98. The second kappa shape index (κ2) is 9.39. The number of aromatic carboxylic acids is 1. The van der Waals surface area contributed by atoms with Crippen LogP contribution in [0.1, 0.15) is 46.8 Å². The number of carbonyl (C=O) groups excluding carboxylic acids is 2. The first-order valence-corrected chi connectivity index (χ1v) is 11.0. The molecule has 0 aliphatic heterocycles. The first-order valence-electron chi connectivity index (χ1n) is 11.0. The van der Waals surface area contributed by atoms with Gasteiger partial charge < -0.3 is 20.5 Å². The molecule has 2 amide bonds. The Kier molecular flexibility index (Phi) is 6.36. The van der Waals surface area contributed by atoms with Crippen LogP contribution >= 0.6 is 0 Å². The molecule has 174 valence electrons. The van der Waals surface area contributed by atoms with Gasteiger partial charge in [-0.2, -0.15) is 0 Å². The van der Waals surface area contributed by atoms with Crippen LogP contribution in [0.4, 0.5) is 4.79 Å². The number of carboxylic acids is 1. The Labute approximate surface area is 197 Å². The smallest absolute Gasteiger partial charge is 0.408 e.